The molecule has 2 amide bonds. The van der Waals surface area contributed by atoms with Crippen molar-refractivity contribution >= 4 is 23.5 Å². The van der Waals surface area contributed by atoms with Crippen LogP contribution in [0.5, 0.6) is 0 Å². The number of esters is 1. The number of benzene rings is 2. The van der Waals surface area contributed by atoms with Crippen molar-refractivity contribution in [2.75, 3.05) is 5.32 Å². The highest BCUT2D eigenvalue weighted by molar-refractivity contribution is 5.99. The van der Waals surface area contributed by atoms with E-state index in [1.807, 2.05) is 30.3 Å². The summed E-state index contributed by atoms with van der Waals surface area (Å²) in [7, 11) is 0. The third kappa shape index (κ3) is 4.38. The van der Waals surface area contributed by atoms with Crippen LogP contribution in [-0.2, 0) is 9.53 Å². The highest BCUT2D eigenvalue weighted by Crippen LogP contribution is 2.19. The second-order valence-corrected chi connectivity index (χ2v) is 6.77. The van der Waals surface area contributed by atoms with Crippen molar-refractivity contribution in [3.05, 3.63) is 77.1 Å². The van der Waals surface area contributed by atoms with Gasteiger partial charge in [-0.1, -0.05) is 18.2 Å². The molecule has 0 aliphatic rings. The largest absolute Gasteiger partial charge is 0.449 e. The van der Waals surface area contributed by atoms with Crippen LogP contribution < -0.4 is 11.1 Å². The molecule has 1 atom stereocenters. The molecule has 1 unspecified atom stereocenters. The Labute approximate surface area is 173 Å². The van der Waals surface area contributed by atoms with Crippen molar-refractivity contribution in [3.63, 3.8) is 0 Å². The fourth-order valence-corrected chi connectivity index (χ4v) is 2.99. The van der Waals surface area contributed by atoms with Gasteiger partial charge in [-0.2, -0.15) is 5.10 Å². The lowest BCUT2D eigenvalue weighted by Gasteiger charge is -2.14. The van der Waals surface area contributed by atoms with E-state index < -0.39 is 23.9 Å². The van der Waals surface area contributed by atoms with Crippen LogP contribution >= 0.6 is 0 Å². The zero-order chi connectivity index (χ0) is 21.8. The number of primary amides is 1. The van der Waals surface area contributed by atoms with Crippen molar-refractivity contribution in [1.29, 1.82) is 0 Å². The molecule has 3 rings (SSSR count). The van der Waals surface area contributed by atoms with E-state index >= 15 is 0 Å². The maximum Gasteiger partial charge on any atom is 0.342 e. The molecule has 30 heavy (non-hydrogen) atoms. The highest BCUT2D eigenvalue weighted by atomic mass is 16.5. The van der Waals surface area contributed by atoms with E-state index in [2.05, 4.69) is 10.4 Å². The average Bonchev–Trinajstić information content (AvgIpc) is 3.03. The number of nitrogens with zero attached hydrogens (tertiary/aromatic N) is 2. The summed E-state index contributed by atoms with van der Waals surface area (Å²) < 4.78 is 7.03. The average molecular weight is 406 g/mol. The molecule has 1 heterocycles. The monoisotopic (exact) mass is 406 g/mol. The molecule has 0 saturated heterocycles. The van der Waals surface area contributed by atoms with Gasteiger partial charge >= 0.3 is 5.97 Å². The van der Waals surface area contributed by atoms with Crippen molar-refractivity contribution in [3.8, 4) is 5.69 Å². The Morgan fingerprint density at radius 1 is 1.03 bits per heavy atom. The number of ether oxygens (including phenoxy) is 1. The van der Waals surface area contributed by atoms with Gasteiger partial charge in [-0.25, -0.2) is 9.48 Å². The quantitative estimate of drug-likeness (QED) is 0.611. The summed E-state index contributed by atoms with van der Waals surface area (Å²) in [4.78, 5) is 36.2. The minimum atomic E-state index is -1.04. The summed E-state index contributed by atoms with van der Waals surface area (Å²) in [6.07, 6.45) is -1.04. The molecule has 3 aromatic rings. The first kappa shape index (κ1) is 20.8. The van der Waals surface area contributed by atoms with E-state index in [4.69, 9.17) is 10.5 Å². The predicted octanol–water partition coefficient (Wildman–Crippen LogP) is 2.77. The van der Waals surface area contributed by atoms with Crippen molar-refractivity contribution in [2.24, 2.45) is 5.73 Å². The third-order valence-electron chi connectivity index (χ3n) is 4.59. The molecule has 0 saturated carbocycles. The lowest BCUT2D eigenvalue weighted by molar-refractivity contribution is -0.123. The van der Waals surface area contributed by atoms with Gasteiger partial charge < -0.3 is 15.8 Å². The molecule has 0 fully saturated rings. The number of hydrogen-bond acceptors (Lipinski definition) is 5. The van der Waals surface area contributed by atoms with Gasteiger partial charge in [0.1, 0.15) is 5.56 Å². The Hall–Kier alpha value is -3.94. The molecule has 0 radical (unpaired) electrons. The van der Waals surface area contributed by atoms with E-state index in [0.29, 0.717) is 28.2 Å². The number of carbonyl (C=O) groups is 3. The Morgan fingerprint density at radius 3 is 2.27 bits per heavy atom. The Balaban J connectivity index is 1.70. The molecular formula is C22H22N4O4. The molecule has 0 bridgehead atoms. The van der Waals surface area contributed by atoms with Crippen LogP contribution in [0.1, 0.15) is 39.0 Å². The summed E-state index contributed by atoms with van der Waals surface area (Å²) in [6.45, 7) is 4.97. The zero-order valence-electron chi connectivity index (χ0n) is 16.9. The topological polar surface area (TPSA) is 116 Å². The van der Waals surface area contributed by atoms with Crippen LogP contribution in [0.3, 0.4) is 0 Å². The number of aromatic nitrogens is 2. The summed E-state index contributed by atoms with van der Waals surface area (Å²) >= 11 is 0. The van der Waals surface area contributed by atoms with Crippen LogP contribution in [0.15, 0.2) is 54.6 Å². The van der Waals surface area contributed by atoms with E-state index in [-0.39, 0.29) is 0 Å². The van der Waals surface area contributed by atoms with Crippen LogP contribution in [0.4, 0.5) is 5.69 Å². The van der Waals surface area contributed by atoms with Gasteiger partial charge in [-0.15, -0.1) is 0 Å². The maximum absolute atomic E-state index is 12.7. The first-order valence-electron chi connectivity index (χ1n) is 9.31. The number of aryl methyl sites for hydroxylation is 1. The van der Waals surface area contributed by atoms with Gasteiger partial charge in [-0.3, -0.25) is 9.59 Å². The van der Waals surface area contributed by atoms with E-state index in [0.717, 1.165) is 5.69 Å². The fourth-order valence-electron chi connectivity index (χ4n) is 2.99. The summed E-state index contributed by atoms with van der Waals surface area (Å²) in [5, 5.41) is 7.06. The van der Waals surface area contributed by atoms with Crippen molar-refractivity contribution < 1.29 is 19.1 Å². The Morgan fingerprint density at radius 2 is 1.67 bits per heavy atom. The van der Waals surface area contributed by atoms with E-state index in [1.54, 1.807) is 30.7 Å². The molecule has 3 N–H and O–H groups in total. The lowest BCUT2D eigenvalue weighted by Crippen LogP contribution is -2.30. The van der Waals surface area contributed by atoms with Gasteiger partial charge in [0.2, 0.25) is 5.91 Å². The van der Waals surface area contributed by atoms with E-state index in [1.165, 1.54) is 19.1 Å². The van der Waals surface area contributed by atoms with Gasteiger partial charge in [0.25, 0.3) is 5.91 Å². The number of amides is 2. The molecule has 8 nitrogen and oxygen atoms in total. The summed E-state index contributed by atoms with van der Waals surface area (Å²) in [6, 6.07) is 15.5. The first-order chi connectivity index (χ1) is 14.3. The maximum atomic E-state index is 12.7. The van der Waals surface area contributed by atoms with Gasteiger partial charge in [-0.05, 0) is 57.2 Å². The Bertz CT molecular complexity index is 1090. The number of anilines is 1. The Kier molecular flexibility index (Phi) is 5.96. The fraction of sp³-hybridized carbons (Fsp3) is 0.182. The van der Waals surface area contributed by atoms with Gasteiger partial charge in [0, 0.05) is 11.3 Å². The standard InChI is InChI=1S/C22H22N4O4/c1-13-19(14(2)26(25-13)18-7-5-4-6-8-18)22(29)30-15(3)21(28)24-17-11-9-16(10-12-17)20(23)27/h4-12,15H,1-3H3,(H2,23,27)(H,24,28). The SMILES string of the molecule is Cc1nn(-c2ccccc2)c(C)c1C(=O)OC(C)C(=O)Nc1ccc(C(N)=O)cc1. The number of carbonyl (C=O) groups excluding carboxylic acids is 3. The number of para-hydroxylation sites is 1. The molecule has 8 heteroatoms. The van der Waals surface area contributed by atoms with Gasteiger partial charge in [0.15, 0.2) is 6.10 Å². The molecular weight excluding hydrogens is 384 g/mol. The molecule has 0 spiro atoms. The smallest absolute Gasteiger partial charge is 0.342 e. The molecule has 154 valence electrons. The molecule has 0 aliphatic heterocycles. The molecule has 1 aromatic heterocycles. The third-order valence-corrected chi connectivity index (χ3v) is 4.59. The first-order valence-corrected chi connectivity index (χ1v) is 9.31. The van der Waals surface area contributed by atoms with Crippen LogP contribution in [0.2, 0.25) is 0 Å². The highest BCUT2D eigenvalue weighted by Gasteiger charge is 2.25. The normalized spacial score (nSPS) is 11.6. The second kappa shape index (κ2) is 8.60. The number of nitrogens with one attached hydrogen (secondary N) is 1. The van der Waals surface area contributed by atoms with Crippen LogP contribution in [-0.4, -0.2) is 33.7 Å². The summed E-state index contributed by atoms with van der Waals surface area (Å²) in [5.41, 5.74) is 8.26. The molecule has 2 aromatic carbocycles. The van der Waals surface area contributed by atoms with Crippen LogP contribution in [0.25, 0.3) is 5.69 Å². The van der Waals surface area contributed by atoms with Crippen molar-refractivity contribution in [1.82, 2.24) is 9.78 Å². The number of rotatable bonds is 6. The van der Waals surface area contributed by atoms with Crippen LogP contribution in [0, 0.1) is 13.8 Å². The number of hydrogen-bond donors (Lipinski definition) is 2. The number of nitrogens with two attached hydrogens (primary N) is 1. The zero-order valence-corrected chi connectivity index (χ0v) is 16.9. The van der Waals surface area contributed by atoms with Crippen molar-refractivity contribution in [2.45, 2.75) is 26.9 Å². The van der Waals surface area contributed by atoms with E-state index in [9.17, 15) is 14.4 Å². The summed E-state index contributed by atoms with van der Waals surface area (Å²) in [5.74, 6) is -1.68. The minimum Gasteiger partial charge on any atom is -0.449 e. The van der Waals surface area contributed by atoms with Gasteiger partial charge in [0.05, 0.1) is 17.1 Å². The molecule has 0 aliphatic carbocycles. The minimum absolute atomic E-state index is 0.323. The second-order valence-electron chi connectivity index (χ2n) is 6.77. The predicted molar refractivity (Wildman–Crippen MR) is 112 cm³/mol. The lowest BCUT2D eigenvalue weighted by atomic mass is 10.2.